The zero-order chi connectivity index (χ0) is 25.3. The predicted octanol–water partition coefficient (Wildman–Crippen LogP) is 4.79. The Morgan fingerprint density at radius 1 is 1.06 bits per heavy atom. The Labute approximate surface area is 202 Å². The number of amides is 2. The summed E-state index contributed by atoms with van der Waals surface area (Å²) in [7, 11) is 0. The minimum Gasteiger partial charge on any atom is -0.444 e. The van der Waals surface area contributed by atoms with E-state index in [9.17, 15) is 9.59 Å². The number of amidine groups is 1. The monoisotopic (exact) mass is 462 g/mol. The van der Waals surface area contributed by atoms with E-state index < -0.39 is 11.7 Å². The van der Waals surface area contributed by atoms with Gasteiger partial charge in [-0.15, -0.1) is 0 Å². The quantitative estimate of drug-likeness (QED) is 0.327. The van der Waals surface area contributed by atoms with Gasteiger partial charge in [0.2, 0.25) is 0 Å². The summed E-state index contributed by atoms with van der Waals surface area (Å²) in [6, 6.07) is 12.8. The molecular weight excluding hydrogens is 428 g/mol. The number of benzene rings is 2. The van der Waals surface area contributed by atoms with Crippen molar-refractivity contribution in [3.8, 4) is 11.8 Å². The van der Waals surface area contributed by atoms with Crippen molar-refractivity contribution in [3.63, 3.8) is 0 Å². The third-order valence-corrected chi connectivity index (χ3v) is 4.92. The summed E-state index contributed by atoms with van der Waals surface area (Å²) in [5, 5.41) is 13.7. The molecule has 0 bridgehead atoms. The van der Waals surface area contributed by atoms with E-state index in [4.69, 9.17) is 10.1 Å². The van der Waals surface area contributed by atoms with Crippen molar-refractivity contribution in [2.24, 2.45) is 0 Å². The van der Waals surface area contributed by atoms with Crippen LogP contribution in [0.25, 0.3) is 0 Å². The number of anilines is 1. The third kappa shape index (κ3) is 7.96. The van der Waals surface area contributed by atoms with Gasteiger partial charge in [0.05, 0.1) is 6.54 Å². The number of ether oxygens (including phenoxy) is 1. The van der Waals surface area contributed by atoms with Crippen molar-refractivity contribution >= 4 is 23.5 Å². The second kappa shape index (κ2) is 11.9. The van der Waals surface area contributed by atoms with Crippen molar-refractivity contribution in [1.82, 2.24) is 10.2 Å². The van der Waals surface area contributed by atoms with Gasteiger partial charge in [-0.2, -0.15) is 0 Å². The van der Waals surface area contributed by atoms with Gasteiger partial charge in [0, 0.05) is 35.5 Å². The van der Waals surface area contributed by atoms with Crippen molar-refractivity contribution in [1.29, 1.82) is 5.41 Å². The van der Waals surface area contributed by atoms with Crippen LogP contribution in [-0.2, 0) is 4.74 Å². The van der Waals surface area contributed by atoms with E-state index >= 15 is 0 Å². The molecule has 0 radical (unpaired) electrons. The van der Waals surface area contributed by atoms with E-state index in [1.165, 1.54) is 0 Å². The van der Waals surface area contributed by atoms with E-state index in [2.05, 4.69) is 22.5 Å². The molecule has 0 aliphatic heterocycles. The molecule has 180 valence electrons. The maximum Gasteiger partial charge on any atom is 0.413 e. The summed E-state index contributed by atoms with van der Waals surface area (Å²) >= 11 is 0. The molecule has 0 saturated carbocycles. The molecule has 0 fully saturated rings. The van der Waals surface area contributed by atoms with Gasteiger partial charge >= 0.3 is 6.09 Å². The summed E-state index contributed by atoms with van der Waals surface area (Å²) < 4.78 is 5.16. The lowest BCUT2D eigenvalue weighted by Crippen LogP contribution is -2.36. The van der Waals surface area contributed by atoms with Gasteiger partial charge in [0.15, 0.2) is 0 Å². The molecule has 3 N–H and O–H groups in total. The van der Waals surface area contributed by atoms with Crippen molar-refractivity contribution in [2.75, 3.05) is 25.0 Å². The fourth-order valence-corrected chi connectivity index (χ4v) is 3.19. The lowest BCUT2D eigenvalue weighted by molar-refractivity contribution is 0.0562. The van der Waals surface area contributed by atoms with Crippen LogP contribution in [0.3, 0.4) is 0 Å². The highest BCUT2D eigenvalue weighted by Gasteiger charge is 2.17. The lowest BCUT2D eigenvalue weighted by atomic mass is 10.0. The highest BCUT2D eigenvalue weighted by Crippen LogP contribution is 2.14. The Kier molecular flexibility index (Phi) is 9.26. The molecule has 2 rings (SSSR count). The van der Waals surface area contributed by atoms with Crippen molar-refractivity contribution in [2.45, 2.75) is 47.1 Å². The number of alkyl carbamates (subject to hydrolysis) is 1. The van der Waals surface area contributed by atoms with E-state index in [-0.39, 0.29) is 11.7 Å². The maximum absolute atomic E-state index is 12.6. The number of carbonyl (C=O) groups excluding carboxylic acids is 2. The van der Waals surface area contributed by atoms with Crippen LogP contribution in [0.15, 0.2) is 42.5 Å². The molecule has 7 nitrogen and oxygen atoms in total. The molecule has 34 heavy (non-hydrogen) atoms. The lowest BCUT2D eigenvalue weighted by Gasteiger charge is -2.19. The van der Waals surface area contributed by atoms with E-state index in [0.717, 1.165) is 16.8 Å². The summed E-state index contributed by atoms with van der Waals surface area (Å²) in [6.45, 7) is 13.0. The average molecular weight is 463 g/mol. The number of hydrogen-bond donors (Lipinski definition) is 3. The Morgan fingerprint density at radius 2 is 1.71 bits per heavy atom. The van der Waals surface area contributed by atoms with Crippen LogP contribution < -0.4 is 10.6 Å². The number of hydrogen-bond acceptors (Lipinski definition) is 5. The first-order valence-corrected chi connectivity index (χ1v) is 11.4. The van der Waals surface area contributed by atoms with Crippen LogP contribution in [0.2, 0.25) is 0 Å². The van der Waals surface area contributed by atoms with Crippen LogP contribution in [0, 0.1) is 24.2 Å². The van der Waals surface area contributed by atoms with Gasteiger partial charge in [-0.3, -0.25) is 15.5 Å². The summed E-state index contributed by atoms with van der Waals surface area (Å²) in [5.74, 6) is 6.21. The first-order chi connectivity index (χ1) is 16.0. The van der Waals surface area contributed by atoms with Crippen LogP contribution in [0.4, 0.5) is 10.5 Å². The molecule has 2 aromatic rings. The average Bonchev–Trinajstić information content (AvgIpc) is 2.76. The Balaban J connectivity index is 1.92. The van der Waals surface area contributed by atoms with Crippen LogP contribution in [0.1, 0.15) is 61.7 Å². The molecule has 0 heterocycles. The van der Waals surface area contributed by atoms with E-state index in [0.29, 0.717) is 30.8 Å². The van der Waals surface area contributed by atoms with Crippen LogP contribution in [-0.4, -0.2) is 48.0 Å². The number of aryl methyl sites for hydroxylation is 1. The van der Waals surface area contributed by atoms with Crippen molar-refractivity contribution < 1.29 is 14.3 Å². The zero-order valence-electron chi connectivity index (χ0n) is 20.8. The minimum atomic E-state index is -0.657. The van der Waals surface area contributed by atoms with Gasteiger partial charge in [0.25, 0.3) is 5.91 Å². The molecule has 7 heteroatoms. The SMILES string of the molecule is CCN(CC)C(=O)c1ccc(C#CCNc2ccc(C(=N)NC(=O)OC(C)(C)C)cc2)cc1C. The Morgan fingerprint density at radius 3 is 2.26 bits per heavy atom. The van der Waals surface area contributed by atoms with Gasteiger partial charge in [-0.1, -0.05) is 11.8 Å². The van der Waals surface area contributed by atoms with Gasteiger partial charge in [-0.25, -0.2) is 4.79 Å². The predicted molar refractivity (Wildman–Crippen MR) is 136 cm³/mol. The Hall–Kier alpha value is -3.79. The third-order valence-electron chi connectivity index (χ3n) is 4.92. The molecule has 0 saturated heterocycles. The Bertz CT molecular complexity index is 1090. The van der Waals surface area contributed by atoms with Gasteiger partial charge in [0.1, 0.15) is 11.4 Å². The number of nitrogens with zero attached hydrogens (tertiary/aromatic N) is 1. The van der Waals surface area contributed by atoms with Crippen LogP contribution >= 0.6 is 0 Å². The second-order valence-electron chi connectivity index (χ2n) is 8.74. The molecule has 0 spiro atoms. The maximum atomic E-state index is 12.6. The zero-order valence-corrected chi connectivity index (χ0v) is 20.8. The van der Waals surface area contributed by atoms with E-state index in [1.807, 2.05) is 51.1 Å². The molecule has 0 aromatic heterocycles. The normalized spacial score (nSPS) is 10.5. The topological polar surface area (TPSA) is 94.5 Å². The summed E-state index contributed by atoms with van der Waals surface area (Å²) in [5.41, 5.74) is 3.26. The molecule has 0 unspecified atom stereocenters. The highest BCUT2D eigenvalue weighted by atomic mass is 16.6. The molecule has 0 atom stereocenters. The molecule has 2 aromatic carbocycles. The fourth-order valence-electron chi connectivity index (χ4n) is 3.19. The van der Waals surface area contributed by atoms with E-state index in [1.54, 1.807) is 37.8 Å². The van der Waals surface area contributed by atoms with Crippen molar-refractivity contribution in [3.05, 3.63) is 64.7 Å². The minimum absolute atomic E-state index is 0.0288. The summed E-state index contributed by atoms with van der Waals surface area (Å²) in [6.07, 6.45) is -0.657. The molecule has 2 amide bonds. The largest absolute Gasteiger partial charge is 0.444 e. The number of nitrogens with one attached hydrogen (secondary N) is 3. The standard InChI is InChI=1S/C27H34N4O3/c1-7-31(8-2)25(32)23-16-11-20(18-19(23)3)10-9-17-29-22-14-12-21(13-15-22)24(28)30-26(33)34-27(4,5)6/h11-16,18,29H,7-8,17H2,1-6H3,(H2,28,30,33). The molecule has 0 aliphatic carbocycles. The van der Waals surface area contributed by atoms with Gasteiger partial charge < -0.3 is 15.0 Å². The highest BCUT2D eigenvalue weighted by molar-refractivity contribution is 6.04. The number of carbonyl (C=O) groups is 2. The first kappa shape index (κ1) is 26.5. The second-order valence-corrected chi connectivity index (χ2v) is 8.74. The molecule has 0 aliphatic rings. The summed E-state index contributed by atoms with van der Waals surface area (Å²) in [4.78, 5) is 26.2. The fraction of sp³-hybridized carbons (Fsp3) is 0.370. The van der Waals surface area contributed by atoms with Gasteiger partial charge in [-0.05, 0) is 89.6 Å². The molecular formula is C27H34N4O3. The van der Waals surface area contributed by atoms with Crippen LogP contribution in [0.5, 0.6) is 0 Å². The first-order valence-electron chi connectivity index (χ1n) is 11.4. The smallest absolute Gasteiger partial charge is 0.413 e. The number of rotatable bonds is 6.